The third-order valence-electron chi connectivity index (χ3n) is 4.54. The quantitative estimate of drug-likeness (QED) is 0.763. The Labute approximate surface area is 149 Å². The molecule has 3 nitrogen and oxygen atoms in total. The fourth-order valence-corrected chi connectivity index (χ4v) is 3.74. The number of nitrogens with one attached hydrogen (secondary N) is 2. The molecular weight excluding hydrogens is 316 g/mol. The van der Waals surface area contributed by atoms with Crippen molar-refractivity contribution in [3.05, 3.63) is 60.2 Å². The predicted molar refractivity (Wildman–Crippen MR) is 104 cm³/mol. The van der Waals surface area contributed by atoms with Gasteiger partial charge in [0.05, 0.1) is 12.1 Å². The summed E-state index contributed by atoms with van der Waals surface area (Å²) in [5.41, 5.74) is 2.21. The third kappa shape index (κ3) is 3.88. The maximum absolute atomic E-state index is 5.59. The molecule has 3 rings (SSSR count). The molecule has 0 spiro atoms. The van der Waals surface area contributed by atoms with E-state index in [1.807, 2.05) is 31.2 Å². The van der Waals surface area contributed by atoms with Gasteiger partial charge < -0.3 is 15.4 Å². The first-order chi connectivity index (χ1) is 11.7. The van der Waals surface area contributed by atoms with Crippen molar-refractivity contribution in [2.24, 2.45) is 0 Å². The fourth-order valence-electron chi connectivity index (χ4n) is 3.43. The van der Waals surface area contributed by atoms with E-state index in [1.165, 1.54) is 18.4 Å². The molecule has 2 aromatic rings. The van der Waals surface area contributed by atoms with Crippen molar-refractivity contribution in [3.63, 3.8) is 0 Å². The van der Waals surface area contributed by atoms with Gasteiger partial charge in [-0.2, -0.15) is 0 Å². The third-order valence-corrected chi connectivity index (χ3v) is 4.74. The zero-order valence-corrected chi connectivity index (χ0v) is 14.9. The van der Waals surface area contributed by atoms with Crippen LogP contribution in [-0.2, 0) is 5.54 Å². The highest BCUT2D eigenvalue weighted by atomic mass is 32.1. The van der Waals surface area contributed by atoms with Crippen LogP contribution < -0.4 is 15.4 Å². The number of hydrogen-bond acceptors (Lipinski definition) is 2. The second kappa shape index (κ2) is 7.67. The molecule has 0 heterocycles. The molecule has 24 heavy (non-hydrogen) atoms. The van der Waals surface area contributed by atoms with E-state index in [0.29, 0.717) is 11.7 Å². The minimum atomic E-state index is -0.0527. The van der Waals surface area contributed by atoms with E-state index < -0.39 is 0 Å². The van der Waals surface area contributed by atoms with Crippen LogP contribution >= 0.6 is 12.2 Å². The highest BCUT2D eigenvalue weighted by Crippen LogP contribution is 2.38. The van der Waals surface area contributed by atoms with Crippen LogP contribution in [0.1, 0.15) is 38.2 Å². The lowest BCUT2D eigenvalue weighted by atomic mass is 9.88. The number of hydrogen-bond donors (Lipinski definition) is 2. The summed E-state index contributed by atoms with van der Waals surface area (Å²) in [7, 11) is 0. The standard InChI is InChI=1S/C20H24N2OS/c1-2-23-18-12-8-11-17(15-18)21-19(24)22-20(13-6-7-14-20)16-9-4-3-5-10-16/h3-5,8-12,15H,2,6-7,13-14H2,1H3,(H2,21,22,24). The van der Waals surface area contributed by atoms with Crippen molar-refractivity contribution >= 4 is 23.0 Å². The normalized spacial score (nSPS) is 15.7. The first-order valence-electron chi connectivity index (χ1n) is 8.59. The molecule has 0 radical (unpaired) electrons. The van der Waals surface area contributed by atoms with Gasteiger partial charge in [0.15, 0.2) is 5.11 Å². The number of ether oxygens (including phenoxy) is 1. The topological polar surface area (TPSA) is 33.3 Å². The highest BCUT2D eigenvalue weighted by Gasteiger charge is 2.36. The molecule has 0 atom stereocenters. The average Bonchev–Trinajstić information content (AvgIpc) is 3.06. The molecule has 0 aliphatic heterocycles. The lowest BCUT2D eigenvalue weighted by Crippen LogP contribution is -2.45. The summed E-state index contributed by atoms with van der Waals surface area (Å²) < 4.78 is 5.55. The molecule has 126 valence electrons. The second-order valence-corrected chi connectivity index (χ2v) is 6.60. The van der Waals surface area contributed by atoms with Crippen LogP contribution in [0.2, 0.25) is 0 Å². The molecule has 1 aliphatic carbocycles. The van der Waals surface area contributed by atoms with Crippen LogP contribution in [0.15, 0.2) is 54.6 Å². The minimum Gasteiger partial charge on any atom is -0.494 e. The van der Waals surface area contributed by atoms with Crippen molar-refractivity contribution < 1.29 is 4.74 Å². The SMILES string of the molecule is CCOc1cccc(NC(=S)NC2(c3ccccc3)CCCC2)c1. The van der Waals surface area contributed by atoms with Gasteiger partial charge in [-0.05, 0) is 49.7 Å². The van der Waals surface area contributed by atoms with E-state index in [1.54, 1.807) is 0 Å². The van der Waals surface area contributed by atoms with E-state index in [2.05, 4.69) is 41.0 Å². The van der Waals surface area contributed by atoms with Gasteiger partial charge in [-0.15, -0.1) is 0 Å². The maximum Gasteiger partial charge on any atom is 0.171 e. The molecule has 0 saturated heterocycles. The molecule has 1 aliphatic rings. The smallest absolute Gasteiger partial charge is 0.171 e. The second-order valence-electron chi connectivity index (χ2n) is 6.20. The van der Waals surface area contributed by atoms with E-state index in [9.17, 15) is 0 Å². The summed E-state index contributed by atoms with van der Waals surface area (Å²) >= 11 is 5.59. The summed E-state index contributed by atoms with van der Waals surface area (Å²) in [5.74, 6) is 0.851. The van der Waals surface area contributed by atoms with Gasteiger partial charge in [-0.3, -0.25) is 0 Å². The van der Waals surface area contributed by atoms with Crippen molar-refractivity contribution in [1.82, 2.24) is 5.32 Å². The van der Waals surface area contributed by atoms with E-state index >= 15 is 0 Å². The van der Waals surface area contributed by atoms with E-state index in [0.717, 1.165) is 24.3 Å². The number of benzene rings is 2. The molecule has 4 heteroatoms. The van der Waals surface area contributed by atoms with Gasteiger partial charge in [0.1, 0.15) is 5.75 Å². The van der Waals surface area contributed by atoms with Gasteiger partial charge in [0, 0.05) is 11.8 Å². The molecule has 0 unspecified atom stereocenters. The molecule has 0 aromatic heterocycles. The average molecular weight is 340 g/mol. The molecule has 1 fully saturated rings. The van der Waals surface area contributed by atoms with E-state index in [-0.39, 0.29) is 5.54 Å². The van der Waals surface area contributed by atoms with Gasteiger partial charge in [-0.1, -0.05) is 49.2 Å². The largest absolute Gasteiger partial charge is 0.494 e. The fraction of sp³-hybridized carbons (Fsp3) is 0.350. The Morgan fingerprint density at radius 1 is 1.08 bits per heavy atom. The van der Waals surface area contributed by atoms with Crippen LogP contribution in [0.3, 0.4) is 0 Å². The summed E-state index contributed by atoms with van der Waals surface area (Å²) in [5, 5.41) is 7.55. The van der Waals surface area contributed by atoms with Crippen molar-refractivity contribution in [1.29, 1.82) is 0 Å². The Bertz CT molecular complexity index is 681. The van der Waals surface area contributed by atoms with Gasteiger partial charge in [0.2, 0.25) is 0 Å². The molecule has 1 saturated carbocycles. The highest BCUT2D eigenvalue weighted by molar-refractivity contribution is 7.80. The Morgan fingerprint density at radius 2 is 1.83 bits per heavy atom. The lowest BCUT2D eigenvalue weighted by Gasteiger charge is -2.32. The van der Waals surface area contributed by atoms with Crippen LogP contribution in [0.25, 0.3) is 0 Å². The Morgan fingerprint density at radius 3 is 2.54 bits per heavy atom. The molecule has 2 N–H and O–H groups in total. The summed E-state index contributed by atoms with van der Waals surface area (Å²) in [6.07, 6.45) is 4.67. The molecular formula is C20H24N2OS. The van der Waals surface area contributed by atoms with Crippen molar-refractivity contribution in [2.45, 2.75) is 38.1 Å². The summed E-state index contributed by atoms with van der Waals surface area (Å²) in [4.78, 5) is 0. The van der Waals surface area contributed by atoms with Gasteiger partial charge >= 0.3 is 0 Å². The number of rotatable bonds is 5. The van der Waals surface area contributed by atoms with Crippen LogP contribution in [-0.4, -0.2) is 11.7 Å². The van der Waals surface area contributed by atoms with Crippen LogP contribution in [0, 0.1) is 0 Å². The van der Waals surface area contributed by atoms with Crippen LogP contribution in [0.5, 0.6) is 5.75 Å². The first kappa shape index (κ1) is 16.8. The minimum absolute atomic E-state index is 0.0527. The summed E-state index contributed by atoms with van der Waals surface area (Å²) in [6.45, 7) is 2.64. The van der Waals surface area contributed by atoms with Crippen LogP contribution in [0.4, 0.5) is 5.69 Å². The zero-order valence-electron chi connectivity index (χ0n) is 14.0. The van der Waals surface area contributed by atoms with Crippen molar-refractivity contribution in [3.8, 4) is 5.75 Å². The zero-order chi connectivity index (χ0) is 16.8. The monoisotopic (exact) mass is 340 g/mol. The maximum atomic E-state index is 5.59. The molecule has 0 bridgehead atoms. The van der Waals surface area contributed by atoms with Crippen molar-refractivity contribution in [2.75, 3.05) is 11.9 Å². The number of thiocarbonyl (C=S) groups is 1. The predicted octanol–water partition coefficient (Wildman–Crippen LogP) is 4.84. The Hall–Kier alpha value is -2.07. The molecule has 2 aromatic carbocycles. The first-order valence-corrected chi connectivity index (χ1v) is 9.00. The lowest BCUT2D eigenvalue weighted by molar-refractivity contribution is 0.340. The Balaban J connectivity index is 1.72. The number of anilines is 1. The Kier molecular flexibility index (Phi) is 5.36. The summed E-state index contributed by atoms with van der Waals surface area (Å²) in [6, 6.07) is 18.5. The molecule has 0 amide bonds. The van der Waals surface area contributed by atoms with E-state index in [4.69, 9.17) is 17.0 Å². The van der Waals surface area contributed by atoms with Gasteiger partial charge in [0.25, 0.3) is 0 Å². The van der Waals surface area contributed by atoms with Gasteiger partial charge in [-0.25, -0.2) is 0 Å².